The monoisotopic (exact) mass is 247 g/mol. The van der Waals surface area contributed by atoms with Gasteiger partial charge in [0.15, 0.2) is 0 Å². The number of ether oxygens (including phenoxy) is 1. The molecule has 0 saturated carbocycles. The average molecular weight is 247 g/mol. The summed E-state index contributed by atoms with van der Waals surface area (Å²) in [4.78, 5) is 10.7. The van der Waals surface area contributed by atoms with Crippen LogP contribution in [0, 0.1) is 0 Å². The number of nitrogens with two attached hydrogens (primary N) is 1. The van der Waals surface area contributed by atoms with Crippen molar-refractivity contribution in [3.8, 4) is 0 Å². The molecule has 0 aromatic rings. The fourth-order valence-corrected chi connectivity index (χ4v) is 0.705. The van der Waals surface area contributed by atoms with E-state index in [0.29, 0.717) is 6.08 Å². The van der Waals surface area contributed by atoms with Crippen molar-refractivity contribution in [1.29, 1.82) is 0 Å². The first-order valence-corrected chi connectivity index (χ1v) is 4.19. The Morgan fingerprint density at radius 2 is 1.81 bits per heavy atom. The summed E-state index contributed by atoms with van der Waals surface area (Å²) in [6.45, 7) is 1.47. The highest BCUT2D eigenvalue weighted by Crippen LogP contribution is 2.39. The molecule has 0 aliphatic rings. The van der Waals surface area contributed by atoms with Gasteiger partial charge in [-0.25, -0.2) is 0 Å². The van der Waals surface area contributed by atoms with E-state index in [1.165, 1.54) is 6.92 Å². The summed E-state index contributed by atoms with van der Waals surface area (Å²) in [5, 5.41) is 0. The number of halogens is 5. The molecule has 16 heavy (non-hydrogen) atoms. The molecule has 0 atom stereocenters. The quantitative estimate of drug-likeness (QED) is 0.610. The van der Waals surface area contributed by atoms with Gasteiger partial charge >= 0.3 is 18.1 Å². The Bertz CT molecular complexity index is 285. The molecular weight excluding hydrogens is 237 g/mol. The Balaban J connectivity index is 4.61. The average Bonchev–Trinajstić information content (AvgIpc) is 2.12. The van der Waals surface area contributed by atoms with Gasteiger partial charge in [0.25, 0.3) is 0 Å². The van der Waals surface area contributed by atoms with Crippen LogP contribution in [0.2, 0.25) is 0 Å². The molecule has 0 fully saturated rings. The Kier molecular flexibility index (Phi) is 4.70. The van der Waals surface area contributed by atoms with E-state index in [1.807, 2.05) is 0 Å². The van der Waals surface area contributed by atoms with Crippen molar-refractivity contribution in [2.45, 2.75) is 25.4 Å². The third-order valence-electron chi connectivity index (χ3n) is 1.51. The van der Waals surface area contributed by atoms with Gasteiger partial charge in [-0.15, -0.1) is 0 Å². The highest BCUT2D eigenvalue weighted by Gasteiger charge is 2.59. The summed E-state index contributed by atoms with van der Waals surface area (Å²) in [5.74, 6) is -6.07. The van der Waals surface area contributed by atoms with Crippen LogP contribution >= 0.6 is 0 Å². The summed E-state index contributed by atoms with van der Waals surface area (Å²) in [5.41, 5.74) is 2.85. The van der Waals surface area contributed by atoms with Gasteiger partial charge in [-0.1, -0.05) is 0 Å². The number of alkyl halides is 5. The van der Waals surface area contributed by atoms with Crippen LogP contribution < -0.4 is 5.73 Å². The molecule has 0 aliphatic heterocycles. The largest absolute Gasteiger partial charge is 0.466 e. The van der Waals surface area contributed by atoms with Crippen molar-refractivity contribution in [3.63, 3.8) is 0 Å². The van der Waals surface area contributed by atoms with Gasteiger partial charge in [-0.3, -0.25) is 4.79 Å². The maximum atomic E-state index is 12.5. The highest BCUT2D eigenvalue weighted by atomic mass is 19.4. The molecule has 0 bridgehead atoms. The lowest BCUT2D eigenvalue weighted by atomic mass is 10.2. The van der Waals surface area contributed by atoms with Crippen LogP contribution in [0.1, 0.15) is 13.3 Å². The molecule has 0 spiro atoms. The summed E-state index contributed by atoms with van der Waals surface area (Å²) >= 11 is 0. The summed E-state index contributed by atoms with van der Waals surface area (Å²) < 4.78 is 64.6. The van der Waals surface area contributed by atoms with Gasteiger partial charge in [0.1, 0.15) is 0 Å². The molecule has 3 nitrogen and oxygen atoms in total. The molecule has 0 aromatic heterocycles. The van der Waals surface area contributed by atoms with Crippen molar-refractivity contribution >= 4 is 5.97 Å². The number of carbonyl (C=O) groups is 1. The molecular formula is C8H10F5NO2. The van der Waals surface area contributed by atoms with Crippen LogP contribution in [0.25, 0.3) is 0 Å². The van der Waals surface area contributed by atoms with E-state index in [2.05, 4.69) is 10.5 Å². The van der Waals surface area contributed by atoms with Gasteiger partial charge in [-0.2, -0.15) is 22.0 Å². The molecule has 2 N–H and O–H groups in total. The summed E-state index contributed by atoms with van der Waals surface area (Å²) in [6.07, 6.45) is -6.21. The van der Waals surface area contributed by atoms with Crippen molar-refractivity contribution in [2.24, 2.45) is 5.73 Å². The summed E-state index contributed by atoms with van der Waals surface area (Å²) in [7, 11) is 0. The first kappa shape index (κ1) is 14.7. The van der Waals surface area contributed by atoms with Crippen LogP contribution in [0.3, 0.4) is 0 Å². The Hall–Kier alpha value is -1.34. The lowest BCUT2D eigenvalue weighted by Crippen LogP contribution is -2.41. The van der Waals surface area contributed by atoms with E-state index in [-0.39, 0.29) is 6.61 Å². The minimum absolute atomic E-state index is 0.00222. The Morgan fingerprint density at radius 3 is 2.19 bits per heavy atom. The number of hydrogen-bond acceptors (Lipinski definition) is 3. The van der Waals surface area contributed by atoms with Crippen LogP contribution in [0.5, 0.6) is 0 Å². The van der Waals surface area contributed by atoms with E-state index in [4.69, 9.17) is 0 Å². The van der Waals surface area contributed by atoms with Crippen molar-refractivity contribution < 1.29 is 31.5 Å². The second-order valence-corrected chi connectivity index (χ2v) is 2.74. The molecule has 0 amide bonds. The van der Waals surface area contributed by atoms with Crippen molar-refractivity contribution in [3.05, 3.63) is 11.8 Å². The third-order valence-corrected chi connectivity index (χ3v) is 1.51. The van der Waals surface area contributed by atoms with E-state index in [9.17, 15) is 26.7 Å². The first-order chi connectivity index (χ1) is 7.13. The molecule has 0 heterocycles. The van der Waals surface area contributed by atoms with Crippen molar-refractivity contribution in [1.82, 2.24) is 0 Å². The normalized spacial score (nSPS) is 13.8. The summed E-state index contributed by atoms with van der Waals surface area (Å²) in [6, 6.07) is 0. The molecule has 0 radical (unpaired) electrons. The van der Waals surface area contributed by atoms with E-state index in [0.717, 1.165) is 0 Å². The minimum Gasteiger partial charge on any atom is -0.466 e. The molecule has 0 rings (SSSR count). The molecule has 0 aliphatic carbocycles. The number of esters is 1. The van der Waals surface area contributed by atoms with Crippen LogP contribution in [-0.2, 0) is 9.53 Å². The Labute approximate surface area is 88.0 Å². The van der Waals surface area contributed by atoms with Crippen LogP contribution in [-0.4, -0.2) is 24.7 Å². The maximum absolute atomic E-state index is 12.5. The number of allylic oxidation sites excluding steroid dienone is 1. The Morgan fingerprint density at radius 1 is 1.31 bits per heavy atom. The topological polar surface area (TPSA) is 52.3 Å². The molecule has 0 aromatic carbocycles. The standard InChI is InChI=1S/C8H10F5NO2/c1-2-16-6(15)4-3-5(14)7(9,10)8(11,12)13/h3H,2,4,14H2,1H3/b5-3-. The zero-order valence-corrected chi connectivity index (χ0v) is 8.28. The number of carbonyl (C=O) groups excluding carboxylic acids is 1. The van der Waals surface area contributed by atoms with Crippen LogP contribution in [0.4, 0.5) is 22.0 Å². The smallest absolute Gasteiger partial charge is 0.459 e. The fourth-order valence-electron chi connectivity index (χ4n) is 0.705. The molecule has 0 saturated heterocycles. The van der Waals surface area contributed by atoms with Gasteiger partial charge < -0.3 is 10.5 Å². The van der Waals surface area contributed by atoms with Crippen LogP contribution in [0.15, 0.2) is 11.8 Å². The molecule has 94 valence electrons. The molecule has 0 unspecified atom stereocenters. The second-order valence-electron chi connectivity index (χ2n) is 2.74. The lowest BCUT2D eigenvalue weighted by Gasteiger charge is -2.19. The van der Waals surface area contributed by atoms with E-state index < -0.39 is 30.2 Å². The predicted molar refractivity (Wildman–Crippen MR) is 44.5 cm³/mol. The number of hydrogen-bond donors (Lipinski definition) is 1. The predicted octanol–water partition coefficient (Wildman–Crippen LogP) is 1.98. The maximum Gasteiger partial charge on any atom is 0.459 e. The van der Waals surface area contributed by atoms with Gasteiger partial charge in [0, 0.05) is 0 Å². The van der Waals surface area contributed by atoms with Crippen molar-refractivity contribution in [2.75, 3.05) is 6.61 Å². The number of rotatable bonds is 4. The lowest BCUT2D eigenvalue weighted by molar-refractivity contribution is -0.264. The minimum atomic E-state index is -5.78. The first-order valence-electron chi connectivity index (χ1n) is 4.19. The highest BCUT2D eigenvalue weighted by molar-refractivity contribution is 5.71. The second kappa shape index (κ2) is 5.13. The SMILES string of the molecule is CCOC(=O)C/C=C(\N)C(F)(F)C(F)(F)F. The van der Waals surface area contributed by atoms with Gasteiger partial charge in [-0.05, 0) is 13.0 Å². The van der Waals surface area contributed by atoms with E-state index in [1.54, 1.807) is 0 Å². The third kappa shape index (κ3) is 3.67. The fraction of sp³-hybridized carbons (Fsp3) is 0.625. The van der Waals surface area contributed by atoms with Gasteiger partial charge in [0.2, 0.25) is 0 Å². The zero-order valence-electron chi connectivity index (χ0n) is 8.28. The van der Waals surface area contributed by atoms with Gasteiger partial charge in [0.05, 0.1) is 18.7 Å². The zero-order chi connectivity index (χ0) is 13.0. The van der Waals surface area contributed by atoms with E-state index >= 15 is 0 Å². The molecule has 8 heteroatoms.